The first kappa shape index (κ1) is 5.76. The molecule has 0 radical (unpaired) electrons. The Morgan fingerprint density at radius 2 is 2.50 bits per heavy atom. The third-order valence-electron chi connectivity index (χ3n) is 1.33. The Labute approximate surface area is 48.8 Å². The molecule has 1 fully saturated rings. The van der Waals surface area contributed by atoms with Crippen LogP contribution in [0.4, 0.5) is 0 Å². The van der Waals surface area contributed by atoms with Gasteiger partial charge in [0.2, 0.25) is 0 Å². The molecule has 1 rings (SSSR count). The van der Waals surface area contributed by atoms with E-state index in [-0.39, 0.29) is 12.2 Å². The summed E-state index contributed by atoms with van der Waals surface area (Å²) in [6.07, 6.45) is 3.21. The van der Waals surface area contributed by atoms with E-state index >= 15 is 0 Å². The van der Waals surface area contributed by atoms with Crippen LogP contribution in [0.1, 0.15) is 19.8 Å². The fourth-order valence-electron chi connectivity index (χ4n) is 0.793. The van der Waals surface area contributed by atoms with Gasteiger partial charge in [0.05, 0.1) is 6.10 Å². The van der Waals surface area contributed by atoms with Crippen molar-refractivity contribution < 1.29 is 9.53 Å². The quantitative estimate of drug-likeness (QED) is 0.400. The number of hydrogen-bond acceptors (Lipinski definition) is 2. The lowest BCUT2D eigenvalue weighted by molar-refractivity contribution is -0.108. The minimum absolute atomic E-state index is 0.0602. The van der Waals surface area contributed by atoms with Crippen LogP contribution < -0.4 is 0 Å². The van der Waals surface area contributed by atoms with Crippen LogP contribution in [0, 0.1) is 0 Å². The lowest BCUT2D eigenvalue weighted by Crippen LogP contribution is -1.92. The van der Waals surface area contributed by atoms with Gasteiger partial charge >= 0.3 is 0 Å². The molecule has 0 spiro atoms. The van der Waals surface area contributed by atoms with Crippen molar-refractivity contribution in [1.29, 1.82) is 0 Å². The summed E-state index contributed by atoms with van der Waals surface area (Å²) in [4.78, 5) is 9.93. The molecule has 0 aromatic rings. The standard InChI is InChI=1S/C6H10O2/c1-2-3-5-6(4-7)8-5/h4-6H,2-3H2,1H3/t5-,6-/m0/s1. The van der Waals surface area contributed by atoms with Gasteiger partial charge in [0.1, 0.15) is 6.10 Å². The molecule has 8 heavy (non-hydrogen) atoms. The van der Waals surface area contributed by atoms with Crippen LogP contribution in [-0.2, 0) is 9.53 Å². The maximum Gasteiger partial charge on any atom is 0.151 e. The highest BCUT2D eigenvalue weighted by Crippen LogP contribution is 2.23. The summed E-state index contributed by atoms with van der Waals surface area (Å²) in [6, 6.07) is 0. The van der Waals surface area contributed by atoms with Gasteiger partial charge in [-0.2, -0.15) is 0 Å². The normalized spacial score (nSPS) is 34.6. The summed E-state index contributed by atoms with van der Waals surface area (Å²) < 4.78 is 4.94. The summed E-state index contributed by atoms with van der Waals surface area (Å²) in [5.74, 6) is 0. The van der Waals surface area contributed by atoms with Gasteiger partial charge in [0.15, 0.2) is 6.29 Å². The Hall–Kier alpha value is -0.370. The topological polar surface area (TPSA) is 29.6 Å². The number of ether oxygens (including phenoxy) is 1. The maximum atomic E-state index is 9.93. The zero-order valence-electron chi connectivity index (χ0n) is 4.96. The van der Waals surface area contributed by atoms with Crippen molar-refractivity contribution in [3.05, 3.63) is 0 Å². The Morgan fingerprint density at radius 1 is 1.75 bits per heavy atom. The smallest absolute Gasteiger partial charge is 0.151 e. The van der Waals surface area contributed by atoms with Gasteiger partial charge in [0, 0.05) is 0 Å². The Balaban J connectivity index is 2.07. The average Bonchev–Trinajstić information content (AvgIpc) is 2.48. The third-order valence-corrected chi connectivity index (χ3v) is 1.33. The van der Waals surface area contributed by atoms with E-state index in [0.717, 1.165) is 19.1 Å². The molecule has 0 aromatic carbocycles. The number of carbonyl (C=O) groups is 1. The summed E-state index contributed by atoms with van der Waals surface area (Å²) >= 11 is 0. The molecule has 0 unspecified atom stereocenters. The van der Waals surface area contributed by atoms with Crippen molar-refractivity contribution in [3.8, 4) is 0 Å². The first-order valence-electron chi connectivity index (χ1n) is 2.99. The lowest BCUT2D eigenvalue weighted by Gasteiger charge is -1.81. The molecule has 0 N–H and O–H groups in total. The highest BCUT2D eigenvalue weighted by Gasteiger charge is 2.36. The second-order valence-corrected chi connectivity index (χ2v) is 2.06. The van der Waals surface area contributed by atoms with Crippen molar-refractivity contribution in [2.24, 2.45) is 0 Å². The summed E-state index contributed by atoms with van der Waals surface area (Å²) in [5, 5.41) is 0. The molecule has 1 saturated heterocycles. The van der Waals surface area contributed by atoms with Gasteiger partial charge < -0.3 is 9.53 Å². The Bertz CT molecular complexity index is 90.5. The minimum atomic E-state index is -0.0602. The monoisotopic (exact) mass is 114 g/mol. The molecule has 0 bridgehead atoms. The van der Waals surface area contributed by atoms with Crippen LogP contribution in [0.15, 0.2) is 0 Å². The van der Waals surface area contributed by atoms with E-state index in [1.165, 1.54) is 0 Å². The molecule has 2 atom stereocenters. The summed E-state index contributed by atoms with van der Waals surface area (Å²) in [5.41, 5.74) is 0. The Morgan fingerprint density at radius 3 is 2.88 bits per heavy atom. The van der Waals surface area contributed by atoms with Gasteiger partial charge in [-0.3, -0.25) is 0 Å². The molecule has 1 aliphatic rings. The molecule has 0 saturated carbocycles. The van der Waals surface area contributed by atoms with E-state index in [9.17, 15) is 4.79 Å². The van der Waals surface area contributed by atoms with Gasteiger partial charge in [-0.05, 0) is 6.42 Å². The first-order valence-corrected chi connectivity index (χ1v) is 2.99. The van der Waals surface area contributed by atoms with Crippen LogP contribution >= 0.6 is 0 Å². The number of epoxide rings is 1. The van der Waals surface area contributed by atoms with E-state index in [1.54, 1.807) is 0 Å². The van der Waals surface area contributed by atoms with Crippen molar-refractivity contribution >= 4 is 6.29 Å². The van der Waals surface area contributed by atoms with Crippen molar-refractivity contribution in [2.45, 2.75) is 32.0 Å². The third kappa shape index (κ3) is 1.07. The van der Waals surface area contributed by atoms with E-state index in [4.69, 9.17) is 4.74 Å². The van der Waals surface area contributed by atoms with E-state index < -0.39 is 0 Å². The molecule has 1 aliphatic heterocycles. The highest BCUT2D eigenvalue weighted by molar-refractivity contribution is 5.60. The van der Waals surface area contributed by atoms with Crippen LogP contribution in [0.25, 0.3) is 0 Å². The highest BCUT2D eigenvalue weighted by atomic mass is 16.6. The largest absolute Gasteiger partial charge is 0.362 e. The summed E-state index contributed by atoms with van der Waals surface area (Å²) in [6.45, 7) is 2.09. The zero-order chi connectivity index (χ0) is 5.98. The van der Waals surface area contributed by atoms with Gasteiger partial charge in [-0.25, -0.2) is 0 Å². The van der Waals surface area contributed by atoms with Crippen LogP contribution in [-0.4, -0.2) is 18.5 Å². The molecule has 0 aliphatic carbocycles. The second-order valence-electron chi connectivity index (χ2n) is 2.06. The predicted octanol–water partition coefficient (Wildman–Crippen LogP) is 0.753. The number of rotatable bonds is 3. The van der Waals surface area contributed by atoms with Crippen molar-refractivity contribution in [3.63, 3.8) is 0 Å². The lowest BCUT2D eigenvalue weighted by atomic mass is 10.2. The Kier molecular flexibility index (Phi) is 1.63. The fourth-order valence-corrected chi connectivity index (χ4v) is 0.793. The molecule has 46 valence electrons. The van der Waals surface area contributed by atoms with Gasteiger partial charge in [0.25, 0.3) is 0 Å². The van der Waals surface area contributed by atoms with Crippen LogP contribution in [0.5, 0.6) is 0 Å². The van der Waals surface area contributed by atoms with E-state index in [1.807, 2.05) is 0 Å². The van der Waals surface area contributed by atoms with Gasteiger partial charge in [-0.15, -0.1) is 0 Å². The molecular weight excluding hydrogens is 104 g/mol. The van der Waals surface area contributed by atoms with Crippen molar-refractivity contribution in [2.75, 3.05) is 0 Å². The van der Waals surface area contributed by atoms with Crippen LogP contribution in [0.3, 0.4) is 0 Å². The van der Waals surface area contributed by atoms with Crippen LogP contribution in [0.2, 0.25) is 0 Å². The number of aldehydes is 1. The predicted molar refractivity (Wildman–Crippen MR) is 29.6 cm³/mol. The molecule has 2 heteroatoms. The SMILES string of the molecule is CCC[C@@H]1O[C@H]1C=O. The van der Waals surface area contributed by atoms with Gasteiger partial charge in [-0.1, -0.05) is 13.3 Å². The van der Waals surface area contributed by atoms with Crippen molar-refractivity contribution in [1.82, 2.24) is 0 Å². The molecule has 0 aromatic heterocycles. The zero-order valence-corrected chi connectivity index (χ0v) is 4.96. The maximum absolute atomic E-state index is 9.93. The number of hydrogen-bond donors (Lipinski definition) is 0. The fraction of sp³-hybridized carbons (Fsp3) is 0.833. The van der Waals surface area contributed by atoms with E-state index in [2.05, 4.69) is 6.92 Å². The first-order chi connectivity index (χ1) is 3.88. The molecular formula is C6H10O2. The average molecular weight is 114 g/mol. The molecule has 2 nitrogen and oxygen atoms in total. The van der Waals surface area contributed by atoms with E-state index in [0.29, 0.717) is 0 Å². The summed E-state index contributed by atoms with van der Waals surface area (Å²) in [7, 11) is 0. The molecule has 0 amide bonds. The minimum Gasteiger partial charge on any atom is -0.362 e. The molecule has 1 heterocycles. The second kappa shape index (κ2) is 2.27. The number of carbonyl (C=O) groups excluding carboxylic acids is 1.